The molecule has 0 spiro atoms. The first-order valence-corrected chi connectivity index (χ1v) is 4.67. The normalized spacial score (nSPS) is 12.9. The van der Waals surface area contributed by atoms with Crippen LogP contribution in [0.2, 0.25) is 0 Å². The minimum Gasteiger partial charge on any atom is -0.377 e. The van der Waals surface area contributed by atoms with Crippen LogP contribution in [0, 0.1) is 6.92 Å². The van der Waals surface area contributed by atoms with Crippen molar-refractivity contribution in [2.45, 2.75) is 26.5 Å². The predicted octanol–water partition coefficient (Wildman–Crippen LogP) is 1.21. The summed E-state index contributed by atoms with van der Waals surface area (Å²) in [6, 6.07) is 0.284. The maximum atomic E-state index is 4.97. The number of ether oxygens (including phenoxy) is 1. The number of nitrogens with one attached hydrogen (secondary N) is 1. The fourth-order valence-electron chi connectivity index (χ4n) is 1.30. The van der Waals surface area contributed by atoms with E-state index in [-0.39, 0.29) is 6.04 Å². The van der Waals surface area contributed by atoms with Gasteiger partial charge in [0.05, 0.1) is 0 Å². The molecule has 1 atom stereocenters. The second-order valence-electron chi connectivity index (χ2n) is 3.27. The van der Waals surface area contributed by atoms with Gasteiger partial charge in [-0.2, -0.15) is 0 Å². The Bertz CT molecular complexity index is 301. The summed E-state index contributed by atoms with van der Waals surface area (Å²) < 4.78 is 4.97. The average molecular weight is 195 g/mol. The molecule has 1 N–H and O–H groups in total. The topological polar surface area (TPSA) is 47.0 Å². The molecule has 14 heavy (non-hydrogen) atoms. The number of rotatable bonds is 4. The summed E-state index contributed by atoms with van der Waals surface area (Å²) in [6.45, 7) is 4.54. The number of methoxy groups -OCH3 is 1. The molecule has 1 rings (SSSR count). The van der Waals surface area contributed by atoms with Crippen LogP contribution in [0.3, 0.4) is 0 Å². The fraction of sp³-hybridized carbons (Fsp3) is 0.600. The first-order chi connectivity index (χ1) is 6.69. The van der Waals surface area contributed by atoms with Gasteiger partial charge < -0.3 is 10.1 Å². The van der Waals surface area contributed by atoms with Gasteiger partial charge in [0.2, 0.25) is 0 Å². The number of nitrogens with zero attached hydrogens (tertiary/aromatic N) is 2. The minimum absolute atomic E-state index is 0.284. The van der Waals surface area contributed by atoms with Crippen LogP contribution < -0.4 is 5.32 Å². The standard InChI is InChI=1S/C10H17N3O/c1-7(11-3)9-5-12-10(6-14-4)13-8(9)2/h5,7,11H,6H2,1-4H3. The third-order valence-electron chi connectivity index (χ3n) is 2.24. The molecule has 0 aliphatic carbocycles. The van der Waals surface area contributed by atoms with Gasteiger partial charge in [-0.05, 0) is 20.9 Å². The summed E-state index contributed by atoms with van der Waals surface area (Å²) in [6.07, 6.45) is 1.86. The Kier molecular flexibility index (Phi) is 3.98. The molecular formula is C10H17N3O. The molecule has 0 saturated heterocycles. The summed E-state index contributed by atoms with van der Waals surface area (Å²) in [5.74, 6) is 0.733. The maximum absolute atomic E-state index is 4.97. The zero-order valence-electron chi connectivity index (χ0n) is 9.16. The predicted molar refractivity (Wildman–Crippen MR) is 55.0 cm³/mol. The SMILES string of the molecule is CNC(C)c1cnc(COC)nc1C. The van der Waals surface area contributed by atoms with Gasteiger partial charge in [0.15, 0.2) is 5.82 Å². The zero-order valence-corrected chi connectivity index (χ0v) is 9.16. The van der Waals surface area contributed by atoms with Gasteiger partial charge in [-0.25, -0.2) is 9.97 Å². The molecule has 0 fully saturated rings. The molecule has 1 aromatic rings. The average Bonchev–Trinajstić information content (AvgIpc) is 2.17. The quantitative estimate of drug-likeness (QED) is 0.784. The van der Waals surface area contributed by atoms with Crippen molar-refractivity contribution < 1.29 is 4.74 Å². The van der Waals surface area contributed by atoms with Gasteiger partial charge in [-0.1, -0.05) is 0 Å². The van der Waals surface area contributed by atoms with Crippen LogP contribution in [0.25, 0.3) is 0 Å². The Morgan fingerprint density at radius 1 is 1.57 bits per heavy atom. The molecule has 0 saturated carbocycles. The molecule has 0 aliphatic heterocycles. The molecular weight excluding hydrogens is 178 g/mol. The molecule has 4 nitrogen and oxygen atoms in total. The Balaban J connectivity index is 2.89. The van der Waals surface area contributed by atoms with E-state index < -0.39 is 0 Å². The lowest BCUT2D eigenvalue weighted by molar-refractivity contribution is 0.177. The molecule has 1 heterocycles. The number of aromatic nitrogens is 2. The molecule has 0 aliphatic rings. The Morgan fingerprint density at radius 3 is 2.79 bits per heavy atom. The summed E-state index contributed by atoms with van der Waals surface area (Å²) in [7, 11) is 3.57. The van der Waals surface area contributed by atoms with Gasteiger partial charge >= 0.3 is 0 Å². The van der Waals surface area contributed by atoms with E-state index in [4.69, 9.17) is 4.74 Å². The van der Waals surface area contributed by atoms with Crippen LogP contribution in [-0.2, 0) is 11.3 Å². The number of hydrogen-bond acceptors (Lipinski definition) is 4. The van der Waals surface area contributed by atoms with Gasteiger partial charge in [-0.15, -0.1) is 0 Å². The van der Waals surface area contributed by atoms with Crippen molar-refractivity contribution in [1.29, 1.82) is 0 Å². The monoisotopic (exact) mass is 195 g/mol. The van der Waals surface area contributed by atoms with Crippen LogP contribution in [-0.4, -0.2) is 24.1 Å². The van der Waals surface area contributed by atoms with Crippen molar-refractivity contribution in [3.05, 3.63) is 23.3 Å². The highest BCUT2D eigenvalue weighted by molar-refractivity contribution is 5.19. The van der Waals surface area contributed by atoms with Crippen molar-refractivity contribution in [2.24, 2.45) is 0 Å². The smallest absolute Gasteiger partial charge is 0.154 e. The largest absolute Gasteiger partial charge is 0.377 e. The molecule has 0 radical (unpaired) electrons. The lowest BCUT2D eigenvalue weighted by Crippen LogP contribution is -2.15. The molecule has 1 aromatic heterocycles. The van der Waals surface area contributed by atoms with Crippen molar-refractivity contribution in [3.63, 3.8) is 0 Å². The maximum Gasteiger partial charge on any atom is 0.154 e. The second kappa shape index (κ2) is 5.02. The molecule has 78 valence electrons. The van der Waals surface area contributed by atoms with Crippen molar-refractivity contribution >= 4 is 0 Å². The van der Waals surface area contributed by atoms with E-state index >= 15 is 0 Å². The van der Waals surface area contributed by atoms with E-state index in [1.807, 2.05) is 20.2 Å². The van der Waals surface area contributed by atoms with Crippen molar-refractivity contribution in [1.82, 2.24) is 15.3 Å². The summed E-state index contributed by atoms with van der Waals surface area (Å²) in [5.41, 5.74) is 2.14. The van der Waals surface area contributed by atoms with Gasteiger partial charge in [0, 0.05) is 30.6 Å². The molecule has 0 amide bonds. The third kappa shape index (κ3) is 2.49. The molecule has 0 bridgehead atoms. The molecule has 4 heteroatoms. The lowest BCUT2D eigenvalue weighted by atomic mass is 10.1. The third-order valence-corrected chi connectivity index (χ3v) is 2.24. The van der Waals surface area contributed by atoms with Crippen LogP contribution in [0.1, 0.15) is 30.0 Å². The van der Waals surface area contributed by atoms with Crippen molar-refractivity contribution in [2.75, 3.05) is 14.2 Å². The number of aryl methyl sites for hydroxylation is 1. The Labute approximate surface area is 84.7 Å². The highest BCUT2D eigenvalue weighted by Crippen LogP contribution is 2.13. The lowest BCUT2D eigenvalue weighted by Gasteiger charge is -2.12. The highest BCUT2D eigenvalue weighted by atomic mass is 16.5. The fourth-order valence-corrected chi connectivity index (χ4v) is 1.30. The van der Waals surface area contributed by atoms with E-state index in [9.17, 15) is 0 Å². The molecule has 0 aromatic carbocycles. The first-order valence-electron chi connectivity index (χ1n) is 4.67. The van der Waals surface area contributed by atoms with Crippen LogP contribution in [0.4, 0.5) is 0 Å². The van der Waals surface area contributed by atoms with Crippen LogP contribution >= 0.6 is 0 Å². The van der Waals surface area contributed by atoms with E-state index in [0.717, 1.165) is 17.1 Å². The summed E-state index contributed by atoms with van der Waals surface area (Å²) in [4.78, 5) is 8.58. The van der Waals surface area contributed by atoms with E-state index in [1.165, 1.54) is 0 Å². The van der Waals surface area contributed by atoms with Gasteiger partial charge in [-0.3, -0.25) is 0 Å². The molecule has 1 unspecified atom stereocenters. The summed E-state index contributed by atoms with van der Waals surface area (Å²) in [5, 5.41) is 3.16. The minimum atomic E-state index is 0.284. The first kappa shape index (κ1) is 11.1. The van der Waals surface area contributed by atoms with Crippen LogP contribution in [0.5, 0.6) is 0 Å². The van der Waals surface area contributed by atoms with E-state index in [2.05, 4.69) is 22.2 Å². The summed E-state index contributed by atoms with van der Waals surface area (Å²) >= 11 is 0. The number of hydrogen-bond donors (Lipinski definition) is 1. The van der Waals surface area contributed by atoms with Gasteiger partial charge in [0.1, 0.15) is 6.61 Å². The van der Waals surface area contributed by atoms with E-state index in [1.54, 1.807) is 7.11 Å². The highest BCUT2D eigenvalue weighted by Gasteiger charge is 2.08. The second-order valence-corrected chi connectivity index (χ2v) is 3.27. The zero-order chi connectivity index (χ0) is 10.6. The Hall–Kier alpha value is -1.00. The van der Waals surface area contributed by atoms with Crippen LogP contribution in [0.15, 0.2) is 6.20 Å². The Morgan fingerprint density at radius 2 is 2.29 bits per heavy atom. The van der Waals surface area contributed by atoms with Crippen molar-refractivity contribution in [3.8, 4) is 0 Å². The van der Waals surface area contributed by atoms with Gasteiger partial charge in [0.25, 0.3) is 0 Å². The van der Waals surface area contributed by atoms with E-state index in [0.29, 0.717) is 6.61 Å².